The van der Waals surface area contributed by atoms with Crippen LogP contribution in [-0.4, -0.2) is 11.9 Å². The number of carbonyl (C=O) groups excluding carboxylic acids is 1. The van der Waals surface area contributed by atoms with Gasteiger partial charge < -0.3 is 4.74 Å². The Kier molecular flexibility index (Phi) is 12.0. The number of hydrogen-bond donors (Lipinski definition) is 0. The van der Waals surface area contributed by atoms with Crippen molar-refractivity contribution in [2.45, 2.75) is 6.92 Å². The van der Waals surface area contributed by atoms with Gasteiger partial charge in [-0.1, -0.05) is 0 Å². The summed E-state index contributed by atoms with van der Waals surface area (Å²) in [6.07, 6.45) is 0. The van der Waals surface area contributed by atoms with Crippen LogP contribution in [0.15, 0.2) is 0 Å². The Hall–Kier alpha value is 1.46. The van der Waals surface area contributed by atoms with Crippen LogP contribution in [0.25, 0.3) is 0 Å². The zero-order chi connectivity index (χ0) is 4.99. The molecule has 0 saturated heterocycles. The van der Waals surface area contributed by atoms with Gasteiger partial charge in [0.05, 0.1) is 19.2 Å². The molecule has 0 radical (unpaired) electrons. The average molecular weight is 146 g/mol. The number of carbonyl (C=O) groups is 1. The van der Waals surface area contributed by atoms with Crippen LogP contribution >= 0.6 is 0 Å². The summed E-state index contributed by atoms with van der Waals surface area (Å²) in [6, 6.07) is 0. The molecular formula is C3H7KO2S+2. The van der Waals surface area contributed by atoms with E-state index in [1.807, 2.05) is 0 Å². The van der Waals surface area contributed by atoms with Crippen LogP contribution in [0.5, 0.6) is 0 Å². The molecule has 0 aromatic rings. The summed E-state index contributed by atoms with van der Waals surface area (Å²) < 4.78 is 4.32. The van der Waals surface area contributed by atoms with Gasteiger partial charge in [-0.15, -0.1) is 0 Å². The first-order valence-electron chi connectivity index (χ1n) is 1.65. The van der Waals surface area contributed by atoms with E-state index in [1.54, 1.807) is 6.92 Å². The summed E-state index contributed by atoms with van der Waals surface area (Å²) in [7, 11) is 0. The normalized spacial score (nSPS) is 6.57. The van der Waals surface area contributed by atoms with Crippen LogP contribution in [0.3, 0.4) is 0 Å². The maximum absolute atomic E-state index is 9.74. The molecule has 0 N–H and O–H groups in total. The van der Waals surface area contributed by atoms with E-state index in [0.29, 0.717) is 6.61 Å². The minimum atomic E-state index is -0.405. The summed E-state index contributed by atoms with van der Waals surface area (Å²) in [6.45, 7) is 2.18. The first kappa shape index (κ1) is 11.3. The van der Waals surface area contributed by atoms with E-state index in [9.17, 15) is 4.79 Å². The van der Waals surface area contributed by atoms with Crippen LogP contribution in [0.4, 0.5) is 4.79 Å². The standard InChI is InChI=1S/C3H6O2S.K/c1-2-5-3(4)6;/h2H2,1H3,(H,4,6);/q;+1/p+1. The van der Waals surface area contributed by atoms with Gasteiger partial charge in [0.2, 0.25) is 0 Å². The molecule has 0 saturated carbocycles. The molecule has 0 aromatic heterocycles. The van der Waals surface area contributed by atoms with Gasteiger partial charge in [0.25, 0.3) is 0 Å². The van der Waals surface area contributed by atoms with Crippen LogP contribution in [0.2, 0.25) is 0 Å². The summed E-state index contributed by atoms with van der Waals surface area (Å²) in [5.41, 5.74) is 0. The number of hydrogen-bond acceptors (Lipinski definition) is 2. The zero-order valence-electron chi connectivity index (χ0n) is 4.52. The molecule has 0 amide bonds. The Morgan fingerprint density at radius 1 is 1.86 bits per heavy atom. The van der Waals surface area contributed by atoms with Gasteiger partial charge >= 0.3 is 56.7 Å². The molecule has 0 spiro atoms. The van der Waals surface area contributed by atoms with Crippen LogP contribution in [-0.2, 0) is 17.4 Å². The third kappa shape index (κ3) is 11.2. The third-order valence-corrected chi connectivity index (χ3v) is 0.420. The summed E-state index contributed by atoms with van der Waals surface area (Å²) >= 11 is 2.62. The minimum absolute atomic E-state index is 0. The van der Waals surface area contributed by atoms with Crippen LogP contribution in [0.1, 0.15) is 6.92 Å². The topological polar surface area (TPSA) is 26.3 Å². The summed E-state index contributed by atoms with van der Waals surface area (Å²) in [4.78, 5) is 9.74. The van der Waals surface area contributed by atoms with Crippen molar-refractivity contribution in [1.29, 1.82) is 0 Å². The molecule has 7 heavy (non-hydrogen) atoms. The minimum Gasteiger partial charge on any atom is -0.426 e. The van der Waals surface area contributed by atoms with Crippen molar-refractivity contribution in [3.05, 3.63) is 0 Å². The Labute approximate surface area is 90.8 Å². The molecule has 36 valence electrons. The third-order valence-electron chi connectivity index (χ3n) is 0.275. The molecule has 0 aliphatic rings. The van der Waals surface area contributed by atoms with Crippen molar-refractivity contribution < 1.29 is 60.9 Å². The van der Waals surface area contributed by atoms with Gasteiger partial charge in [0.15, 0.2) is 0 Å². The molecule has 0 heterocycles. The van der Waals surface area contributed by atoms with E-state index >= 15 is 0 Å². The van der Waals surface area contributed by atoms with Gasteiger partial charge in [-0.2, -0.15) is 4.79 Å². The number of ether oxygens (including phenoxy) is 1. The second-order valence-corrected chi connectivity index (χ2v) is 1.13. The molecular weight excluding hydrogens is 139 g/mol. The fourth-order valence-electron chi connectivity index (χ4n) is 0.131. The monoisotopic (exact) mass is 146 g/mol. The van der Waals surface area contributed by atoms with Gasteiger partial charge in [-0.05, 0) is 6.92 Å². The van der Waals surface area contributed by atoms with Crippen LogP contribution < -0.4 is 51.4 Å². The second kappa shape index (κ2) is 7.46. The Morgan fingerprint density at radius 3 is 2.29 bits per heavy atom. The predicted molar refractivity (Wildman–Crippen MR) is 27.2 cm³/mol. The fraction of sp³-hybridized carbons (Fsp3) is 0.667. The molecule has 0 aromatic carbocycles. The SMILES string of the molecule is CCOC(=O)[SH2+].[K+]. The fourth-order valence-corrected chi connectivity index (χ4v) is 0.275. The predicted octanol–water partition coefficient (Wildman–Crippen LogP) is -2.84. The maximum Gasteiger partial charge on any atom is 1.00 e. The first-order valence-corrected chi connectivity index (χ1v) is 2.15. The van der Waals surface area contributed by atoms with Crippen molar-refractivity contribution >= 4 is 17.9 Å². The molecule has 0 bridgehead atoms. The molecule has 0 aliphatic heterocycles. The smallest absolute Gasteiger partial charge is 0.426 e. The Morgan fingerprint density at radius 2 is 2.29 bits per heavy atom. The van der Waals surface area contributed by atoms with Crippen molar-refractivity contribution in [3.8, 4) is 0 Å². The molecule has 0 aliphatic carbocycles. The first-order chi connectivity index (χ1) is 2.77. The summed E-state index contributed by atoms with van der Waals surface area (Å²) in [5, 5.41) is -0.405. The quantitative estimate of drug-likeness (QED) is 0.226. The molecule has 0 unspecified atom stereocenters. The van der Waals surface area contributed by atoms with E-state index in [0.717, 1.165) is 0 Å². The summed E-state index contributed by atoms with van der Waals surface area (Å²) in [5.74, 6) is 0. The van der Waals surface area contributed by atoms with Gasteiger partial charge in [0.1, 0.15) is 0 Å². The maximum atomic E-state index is 9.74. The average Bonchev–Trinajstić information content (AvgIpc) is 1.35. The molecule has 0 rings (SSSR count). The van der Waals surface area contributed by atoms with Gasteiger partial charge in [-0.3, -0.25) is 0 Å². The van der Waals surface area contributed by atoms with E-state index in [2.05, 4.69) is 17.4 Å². The van der Waals surface area contributed by atoms with Crippen LogP contribution in [0, 0.1) is 0 Å². The van der Waals surface area contributed by atoms with E-state index in [4.69, 9.17) is 0 Å². The van der Waals surface area contributed by atoms with E-state index < -0.39 is 5.30 Å². The molecule has 0 atom stereocenters. The Bertz CT molecular complexity index is 56.9. The van der Waals surface area contributed by atoms with Crippen molar-refractivity contribution in [3.63, 3.8) is 0 Å². The van der Waals surface area contributed by atoms with Gasteiger partial charge in [0, 0.05) is 0 Å². The van der Waals surface area contributed by atoms with Crippen molar-refractivity contribution in [1.82, 2.24) is 0 Å². The number of rotatable bonds is 1. The molecule has 4 heteroatoms. The van der Waals surface area contributed by atoms with Crippen molar-refractivity contribution in [2.75, 3.05) is 6.61 Å². The molecule has 0 fully saturated rings. The van der Waals surface area contributed by atoms with E-state index in [1.165, 1.54) is 0 Å². The Balaban J connectivity index is 0. The second-order valence-electron chi connectivity index (χ2n) is 0.720. The largest absolute Gasteiger partial charge is 1.00 e. The van der Waals surface area contributed by atoms with E-state index in [-0.39, 0.29) is 51.4 Å². The van der Waals surface area contributed by atoms with Crippen molar-refractivity contribution in [2.24, 2.45) is 0 Å². The van der Waals surface area contributed by atoms with Gasteiger partial charge in [-0.25, -0.2) is 0 Å². The molecule has 2 nitrogen and oxygen atoms in total. The zero-order valence-corrected chi connectivity index (χ0v) is 8.65.